The van der Waals surface area contributed by atoms with Crippen LogP contribution in [-0.2, 0) is 10.0 Å². The molecule has 0 aromatic heterocycles. The molecule has 1 N–H and O–H groups in total. The van der Waals surface area contributed by atoms with Crippen LogP contribution >= 0.6 is 0 Å². The Hall–Kier alpha value is 0.910. The number of unbranched alkanes of at least 4 members (excludes halogenated alkanes) is 15. The van der Waals surface area contributed by atoms with Crippen molar-refractivity contribution in [3.8, 4) is 0 Å². The van der Waals surface area contributed by atoms with Crippen LogP contribution in [0.25, 0.3) is 0 Å². The maximum atomic E-state index is 11.5. The summed E-state index contributed by atoms with van der Waals surface area (Å²) in [6, 6.07) is 0. The topological polar surface area (TPSA) is 46.2 Å². The van der Waals surface area contributed by atoms with E-state index in [0.29, 0.717) is 13.0 Å². The molecule has 0 atom stereocenters. The van der Waals surface area contributed by atoms with Gasteiger partial charge in [0.05, 0.1) is 5.75 Å². The molecule has 0 saturated carbocycles. The third kappa shape index (κ3) is 23.0. The molecule has 0 bridgehead atoms. The molecule has 0 heterocycles. The Bertz CT molecular complexity index is 367. The van der Waals surface area contributed by atoms with Gasteiger partial charge in [-0.3, -0.25) is 0 Å². The quantitative estimate of drug-likeness (QED) is 0.251. The van der Waals surface area contributed by atoms with Crippen LogP contribution in [-0.4, -0.2) is 20.7 Å². The second-order valence-electron chi connectivity index (χ2n) is 7.52. The van der Waals surface area contributed by atoms with E-state index in [1.54, 1.807) is 0 Å². The van der Waals surface area contributed by atoms with E-state index < -0.39 is 10.0 Å². The molecule has 0 aliphatic carbocycles. The Balaban J connectivity index is -0.00000288. The first-order valence-corrected chi connectivity index (χ1v) is 12.7. The second-order valence-corrected chi connectivity index (χ2v) is 9.44. The fourth-order valence-electron chi connectivity index (χ4n) is 3.24. The van der Waals surface area contributed by atoms with Gasteiger partial charge in [0.15, 0.2) is 0 Å². The van der Waals surface area contributed by atoms with E-state index >= 15 is 0 Å². The van der Waals surface area contributed by atoms with Gasteiger partial charge in [-0.2, -0.15) is 0 Å². The van der Waals surface area contributed by atoms with Crippen LogP contribution < -0.4 is 34.3 Å². The van der Waals surface area contributed by atoms with Gasteiger partial charge in [-0.15, -0.1) is 0 Å². The van der Waals surface area contributed by atoms with E-state index in [1.165, 1.54) is 89.9 Å². The minimum absolute atomic E-state index is 0. The van der Waals surface area contributed by atoms with E-state index in [4.69, 9.17) is 0 Å². The summed E-state index contributed by atoms with van der Waals surface area (Å²) in [5.41, 5.74) is 0. The number of nitrogens with one attached hydrogen (secondary N) is 1. The van der Waals surface area contributed by atoms with Crippen LogP contribution in [0.3, 0.4) is 0 Å². The summed E-state index contributed by atoms with van der Waals surface area (Å²) in [5, 5.41) is 0. The summed E-state index contributed by atoms with van der Waals surface area (Å²) in [7, 11) is -3.00. The summed E-state index contributed by atoms with van der Waals surface area (Å²) >= 11 is 0. The van der Waals surface area contributed by atoms with Gasteiger partial charge in [-0.1, -0.05) is 110 Å². The van der Waals surface area contributed by atoms with E-state index in [-0.39, 0.29) is 36.7 Å². The fourth-order valence-corrected chi connectivity index (χ4v) is 4.38. The van der Waals surface area contributed by atoms with Gasteiger partial charge < -0.3 is 1.43 Å². The Kier molecular flexibility index (Phi) is 24.9. The normalized spacial score (nSPS) is 11.5. The molecule has 0 fully saturated rings. The average Bonchev–Trinajstić information content (AvgIpc) is 2.57. The maximum Gasteiger partial charge on any atom is 1.00 e. The van der Waals surface area contributed by atoms with Gasteiger partial charge >= 0.3 is 29.6 Å². The van der Waals surface area contributed by atoms with Gasteiger partial charge in [0.1, 0.15) is 0 Å². The zero-order valence-corrected chi connectivity index (χ0v) is 21.0. The standard InChI is InChI=1S/C21H45NO2S.Na.H/c1-3-5-6-7-8-9-10-11-12-13-14-15-16-17-18-19-20-22-25(23,24)21-4-2;;/h22H,3-21H2,1-2H3;;/q;+1;-1. The Labute approximate surface area is 188 Å². The second kappa shape index (κ2) is 22.2. The summed E-state index contributed by atoms with van der Waals surface area (Å²) in [6.07, 6.45) is 22.2. The average molecular weight is 400 g/mol. The molecule has 0 radical (unpaired) electrons. The zero-order valence-electron chi connectivity index (χ0n) is 19.2. The van der Waals surface area contributed by atoms with E-state index in [2.05, 4.69) is 11.6 Å². The third-order valence-corrected chi connectivity index (χ3v) is 6.41. The van der Waals surface area contributed by atoms with Crippen molar-refractivity contribution in [1.29, 1.82) is 0 Å². The van der Waals surface area contributed by atoms with Gasteiger partial charge in [0, 0.05) is 6.54 Å². The molecule has 3 nitrogen and oxygen atoms in total. The van der Waals surface area contributed by atoms with Crippen LogP contribution in [0.2, 0.25) is 0 Å². The molecular formula is C21H46NNaO2S. The Morgan fingerprint density at radius 2 is 0.923 bits per heavy atom. The van der Waals surface area contributed by atoms with Crippen molar-refractivity contribution in [3.05, 3.63) is 0 Å². The molecule has 0 saturated heterocycles. The van der Waals surface area contributed by atoms with E-state index in [1.807, 2.05) is 6.92 Å². The number of sulfonamides is 1. The largest absolute Gasteiger partial charge is 1.00 e. The molecular weight excluding hydrogens is 353 g/mol. The molecule has 0 spiro atoms. The molecule has 0 aliphatic rings. The van der Waals surface area contributed by atoms with Gasteiger partial charge in [-0.05, 0) is 12.8 Å². The molecule has 0 rings (SSSR count). The SMILES string of the molecule is CCCCCCCCCCCCCCCCCCNS(=O)(=O)CCC.[H-].[Na+]. The molecule has 0 aromatic carbocycles. The zero-order chi connectivity index (χ0) is 18.6. The summed E-state index contributed by atoms with van der Waals surface area (Å²) < 4.78 is 25.6. The van der Waals surface area contributed by atoms with Crippen molar-refractivity contribution in [2.24, 2.45) is 0 Å². The van der Waals surface area contributed by atoms with Gasteiger partial charge in [-0.25, -0.2) is 13.1 Å². The van der Waals surface area contributed by atoms with Crippen molar-refractivity contribution in [2.75, 3.05) is 12.3 Å². The van der Waals surface area contributed by atoms with Crippen LogP contribution in [0.1, 0.15) is 124 Å². The molecule has 0 aliphatic heterocycles. The number of hydrogen-bond donors (Lipinski definition) is 1. The van der Waals surface area contributed by atoms with E-state index in [9.17, 15) is 8.42 Å². The smallest absolute Gasteiger partial charge is 1.00 e. The molecule has 26 heavy (non-hydrogen) atoms. The number of rotatable bonds is 20. The predicted octanol–water partition coefficient (Wildman–Crippen LogP) is 3.69. The third-order valence-electron chi connectivity index (χ3n) is 4.83. The monoisotopic (exact) mass is 399 g/mol. The molecule has 0 amide bonds. The molecule has 0 unspecified atom stereocenters. The van der Waals surface area contributed by atoms with Crippen molar-refractivity contribution in [2.45, 2.75) is 123 Å². The van der Waals surface area contributed by atoms with Gasteiger partial charge in [0.2, 0.25) is 10.0 Å². The summed E-state index contributed by atoms with van der Waals surface area (Å²) in [6.45, 7) is 4.78. The first kappa shape index (κ1) is 29.1. The van der Waals surface area contributed by atoms with Crippen LogP contribution in [0, 0.1) is 0 Å². The maximum absolute atomic E-state index is 11.5. The van der Waals surface area contributed by atoms with Crippen LogP contribution in [0.15, 0.2) is 0 Å². The fraction of sp³-hybridized carbons (Fsp3) is 1.00. The Morgan fingerprint density at radius 3 is 1.27 bits per heavy atom. The minimum Gasteiger partial charge on any atom is -1.00 e. The summed E-state index contributed by atoms with van der Waals surface area (Å²) in [5.74, 6) is 0.256. The first-order valence-electron chi connectivity index (χ1n) is 11.1. The number of hydrogen-bond acceptors (Lipinski definition) is 2. The summed E-state index contributed by atoms with van der Waals surface area (Å²) in [4.78, 5) is 0. The van der Waals surface area contributed by atoms with Crippen molar-refractivity contribution < 1.29 is 39.4 Å². The van der Waals surface area contributed by atoms with Crippen molar-refractivity contribution in [1.82, 2.24) is 4.72 Å². The van der Waals surface area contributed by atoms with Crippen molar-refractivity contribution >= 4 is 10.0 Å². The first-order chi connectivity index (χ1) is 12.1. The molecule has 0 aromatic rings. The predicted molar refractivity (Wildman–Crippen MR) is 113 cm³/mol. The Morgan fingerprint density at radius 1 is 0.577 bits per heavy atom. The molecule has 5 heteroatoms. The van der Waals surface area contributed by atoms with E-state index in [0.717, 1.165) is 12.8 Å². The van der Waals surface area contributed by atoms with Crippen LogP contribution in [0.4, 0.5) is 0 Å². The minimum atomic E-state index is -3.00. The van der Waals surface area contributed by atoms with Gasteiger partial charge in [0.25, 0.3) is 0 Å². The van der Waals surface area contributed by atoms with Crippen molar-refractivity contribution in [3.63, 3.8) is 0 Å². The molecule has 154 valence electrons. The van der Waals surface area contributed by atoms with Crippen LogP contribution in [0.5, 0.6) is 0 Å².